The Balaban J connectivity index is 2.45. The largest absolute Gasteiger partial charge is 0.396 e. The zero-order chi connectivity index (χ0) is 12.7. The summed E-state index contributed by atoms with van der Waals surface area (Å²) >= 11 is 0. The lowest BCUT2D eigenvalue weighted by Gasteiger charge is -2.07. The van der Waals surface area contributed by atoms with Crippen molar-refractivity contribution in [2.24, 2.45) is 5.73 Å². The van der Waals surface area contributed by atoms with Gasteiger partial charge < -0.3 is 16.2 Å². The number of unbranched alkanes of at least 4 members (excludes halogenated alkanes) is 2. The minimum atomic E-state index is -0.767. The molecule has 0 radical (unpaired) electrons. The van der Waals surface area contributed by atoms with E-state index in [2.05, 4.69) is 5.32 Å². The molecule has 1 aromatic carbocycles. The lowest BCUT2D eigenvalue weighted by molar-refractivity contribution is 0.0996. The third kappa shape index (κ3) is 4.40. The average Bonchev–Trinajstić information content (AvgIpc) is 2.28. The topological polar surface area (TPSA) is 75.4 Å². The van der Waals surface area contributed by atoms with Crippen molar-refractivity contribution >= 4 is 11.6 Å². The summed E-state index contributed by atoms with van der Waals surface area (Å²) < 4.78 is 13.4. The lowest BCUT2D eigenvalue weighted by Crippen LogP contribution is -2.13. The Morgan fingerprint density at radius 1 is 1.35 bits per heavy atom. The fourth-order valence-electron chi connectivity index (χ4n) is 1.47. The molecule has 0 heterocycles. The molecular weight excluding hydrogens is 223 g/mol. The molecule has 0 bridgehead atoms. The number of hydrogen-bond donors (Lipinski definition) is 3. The normalized spacial score (nSPS) is 10.2. The molecule has 0 saturated carbocycles. The minimum Gasteiger partial charge on any atom is -0.396 e. The quantitative estimate of drug-likeness (QED) is 0.632. The summed E-state index contributed by atoms with van der Waals surface area (Å²) in [7, 11) is 0. The number of anilines is 1. The van der Waals surface area contributed by atoms with Crippen LogP contribution in [-0.2, 0) is 0 Å². The van der Waals surface area contributed by atoms with Crippen LogP contribution >= 0.6 is 0 Å². The fraction of sp³-hybridized carbons (Fsp3) is 0.417. The van der Waals surface area contributed by atoms with Gasteiger partial charge in [-0.15, -0.1) is 0 Å². The lowest BCUT2D eigenvalue weighted by atomic mass is 10.2. The van der Waals surface area contributed by atoms with E-state index in [1.54, 1.807) is 6.07 Å². The Labute approximate surface area is 99.6 Å². The zero-order valence-electron chi connectivity index (χ0n) is 9.58. The molecule has 0 saturated heterocycles. The number of carbonyl (C=O) groups is 1. The van der Waals surface area contributed by atoms with Crippen molar-refractivity contribution in [3.05, 3.63) is 29.6 Å². The first kappa shape index (κ1) is 13.4. The zero-order valence-corrected chi connectivity index (χ0v) is 9.58. The molecule has 94 valence electrons. The van der Waals surface area contributed by atoms with Gasteiger partial charge >= 0.3 is 0 Å². The fourth-order valence-corrected chi connectivity index (χ4v) is 1.47. The van der Waals surface area contributed by atoms with Crippen LogP contribution in [-0.4, -0.2) is 24.2 Å². The summed E-state index contributed by atoms with van der Waals surface area (Å²) in [5.74, 6) is -1.38. The van der Waals surface area contributed by atoms with E-state index in [1.807, 2.05) is 0 Å². The van der Waals surface area contributed by atoms with E-state index in [9.17, 15) is 9.18 Å². The van der Waals surface area contributed by atoms with Gasteiger partial charge in [-0.05, 0) is 37.5 Å². The molecule has 0 fully saturated rings. The van der Waals surface area contributed by atoms with Crippen LogP contribution in [0.4, 0.5) is 10.1 Å². The van der Waals surface area contributed by atoms with E-state index < -0.39 is 11.7 Å². The Morgan fingerprint density at radius 3 is 2.71 bits per heavy atom. The molecule has 1 rings (SSSR count). The molecule has 0 aliphatic carbocycles. The van der Waals surface area contributed by atoms with Gasteiger partial charge in [0.1, 0.15) is 5.82 Å². The maximum Gasteiger partial charge on any atom is 0.251 e. The minimum absolute atomic E-state index is 0.101. The molecule has 0 aromatic heterocycles. The van der Waals surface area contributed by atoms with Gasteiger partial charge in [0.2, 0.25) is 0 Å². The standard InChI is InChI=1S/C12H17FN2O2/c13-11-8-9(4-5-10(11)12(14)17)15-6-2-1-3-7-16/h4-5,8,15-16H,1-3,6-7H2,(H2,14,17). The summed E-state index contributed by atoms with van der Waals surface area (Å²) in [6, 6.07) is 4.25. The molecule has 4 nitrogen and oxygen atoms in total. The van der Waals surface area contributed by atoms with Crippen molar-refractivity contribution in [1.82, 2.24) is 0 Å². The molecule has 17 heavy (non-hydrogen) atoms. The Bertz CT molecular complexity index is 383. The number of amides is 1. The van der Waals surface area contributed by atoms with Crippen molar-refractivity contribution in [1.29, 1.82) is 0 Å². The van der Waals surface area contributed by atoms with Gasteiger partial charge in [0, 0.05) is 18.8 Å². The molecule has 4 N–H and O–H groups in total. The number of halogens is 1. The van der Waals surface area contributed by atoms with E-state index in [0.29, 0.717) is 12.2 Å². The van der Waals surface area contributed by atoms with Crippen LogP contribution in [0.5, 0.6) is 0 Å². The van der Waals surface area contributed by atoms with Crippen molar-refractivity contribution in [3.63, 3.8) is 0 Å². The number of nitrogens with one attached hydrogen (secondary N) is 1. The smallest absolute Gasteiger partial charge is 0.251 e. The monoisotopic (exact) mass is 240 g/mol. The molecule has 0 aliphatic heterocycles. The van der Waals surface area contributed by atoms with Gasteiger partial charge in [0.15, 0.2) is 0 Å². The average molecular weight is 240 g/mol. The van der Waals surface area contributed by atoms with Gasteiger partial charge in [-0.2, -0.15) is 0 Å². The number of primary amides is 1. The number of benzene rings is 1. The van der Waals surface area contributed by atoms with Gasteiger partial charge in [-0.25, -0.2) is 4.39 Å². The van der Waals surface area contributed by atoms with Crippen LogP contribution in [0, 0.1) is 5.82 Å². The van der Waals surface area contributed by atoms with E-state index in [-0.39, 0.29) is 12.2 Å². The van der Waals surface area contributed by atoms with Crippen LogP contribution in [0.15, 0.2) is 18.2 Å². The highest BCUT2D eigenvalue weighted by atomic mass is 19.1. The first-order valence-electron chi connectivity index (χ1n) is 5.59. The van der Waals surface area contributed by atoms with Crippen LogP contribution in [0.1, 0.15) is 29.6 Å². The Morgan fingerprint density at radius 2 is 2.12 bits per heavy atom. The third-order valence-corrected chi connectivity index (χ3v) is 2.40. The van der Waals surface area contributed by atoms with Crippen molar-refractivity contribution in [2.45, 2.75) is 19.3 Å². The number of aliphatic hydroxyl groups excluding tert-OH is 1. The Hall–Kier alpha value is -1.62. The highest BCUT2D eigenvalue weighted by Crippen LogP contribution is 2.14. The van der Waals surface area contributed by atoms with Gasteiger partial charge in [-0.3, -0.25) is 4.79 Å². The maximum atomic E-state index is 13.4. The molecule has 0 spiro atoms. The van der Waals surface area contributed by atoms with Crippen molar-refractivity contribution in [3.8, 4) is 0 Å². The molecule has 0 unspecified atom stereocenters. The highest BCUT2D eigenvalue weighted by Gasteiger charge is 2.07. The second-order valence-corrected chi connectivity index (χ2v) is 3.77. The number of nitrogens with two attached hydrogens (primary N) is 1. The van der Waals surface area contributed by atoms with Crippen LogP contribution < -0.4 is 11.1 Å². The predicted molar refractivity (Wildman–Crippen MR) is 64.3 cm³/mol. The molecule has 1 amide bonds. The van der Waals surface area contributed by atoms with E-state index in [0.717, 1.165) is 19.3 Å². The highest BCUT2D eigenvalue weighted by molar-refractivity contribution is 5.93. The van der Waals surface area contributed by atoms with Crippen LogP contribution in [0.2, 0.25) is 0 Å². The molecule has 0 aliphatic rings. The van der Waals surface area contributed by atoms with Crippen LogP contribution in [0.3, 0.4) is 0 Å². The van der Waals surface area contributed by atoms with Crippen molar-refractivity contribution in [2.75, 3.05) is 18.5 Å². The van der Waals surface area contributed by atoms with Gasteiger partial charge in [-0.1, -0.05) is 0 Å². The number of rotatable bonds is 7. The maximum absolute atomic E-state index is 13.4. The summed E-state index contributed by atoms with van der Waals surface area (Å²) in [6.45, 7) is 0.900. The van der Waals surface area contributed by atoms with E-state index >= 15 is 0 Å². The molecule has 1 aromatic rings. The summed E-state index contributed by atoms with van der Waals surface area (Å²) in [6.07, 6.45) is 2.60. The van der Waals surface area contributed by atoms with Crippen LogP contribution in [0.25, 0.3) is 0 Å². The number of hydrogen-bond acceptors (Lipinski definition) is 3. The van der Waals surface area contributed by atoms with E-state index in [1.165, 1.54) is 12.1 Å². The summed E-state index contributed by atoms with van der Waals surface area (Å²) in [5, 5.41) is 11.6. The third-order valence-electron chi connectivity index (χ3n) is 2.40. The predicted octanol–water partition coefficient (Wildman–Crippen LogP) is 1.50. The second-order valence-electron chi connectivity index (χ2n) is 3.77. The Kier molecular flexibility index (Phi) is 5.42. The first-order chi connectivity index (χ1) is 8.15. The molecule has 0 atom stereocenters. The number of carbonyl (C=O) groups excluding carboxylic acids is 1. The SMILES string of the molecule is NC(=O)c1ccc(NCCCCCO)cc1F. The van der Waals surface area contributed by atoms with E-state index in [4.69, 9.17) is 10.8 Å². The summed E-state index contributed by atoms with van der Waals surface area (Å²) in [4.78, 5) is 10.8. The summed E-state index contributed by atoms with van der Waals surface area (Å²) in [5.41, 5.74) is 5.52. The first-order valence-corrected chi connectivity index (χ1v) is 5.59. The van der Waals surface area contributed by atoms with Crippen molar-refractivity contribution < 1.29 is 14.3 Å². The molecule has 5 heteroatoms. The molecular formula is C12H17FN2O2. The van der Waals surface area contributed by atoms with Gasteiger partial charge in [0.05, 0.1) is 5.56 Å². The number of aliphatic hydroxyl groups is 1. The van der Waals surface area contributed by atoms with Gasteiger partial charge in [0.25, 0.3) is 5.91 Å². The second kappa shape index (κ2) is 6.85.